The Bertz CT molecular complexity index is 715. The number of carbonyl (C=O) groups excluding carboxylic acids is 1. The van der Waals surface area contributed by atoms with Gasteiger partial charge in [0.25, 0.3) is 0 Å². The van der Waals surface area contributed by atoms with Gasteiger partial charge in [0.15, 0.2) is 0 Å². The zero-order chi connectivity index (χ0) is 13.2. The van der Waals surface area contributed by atoms with Crippen molar-refractivity contribution in [2.45, 2.75) is 19.4 Å². The van der Waals surface area contributed by atoms with Gasteiger partial charge in [-0.3, -0.25) is 4.79 Å². The Morgan fingerprint density at radius 1 is 1.42 bits per heavy atom. The average molecular weight is 258 g/mol. The van der Waals surface area contributed by atoms with Crippen molar-refractivity contribution in [1.29, 1.82) is 0 Å². The molecule has 2 aliphatic rings. The average Bonchev–Trinajstić information content (AvgIpc) is 3.09. The lowest BCUT2D eigenvalue weighted by atomic mass is 10.1. The predicted molar refractivity (Wildman–Crippen MR) is 69.8 cm³/mol. The monoisotopic (exact) mass is 258 g/mol. The maximum atomic E-state index is 11.3. The molecule has 2 heterocycles. The number of anilines is 1. The van der Waals surface area contributed by atoms with E-state index in [1.54, 1.807) is 12.1 Å². The first-order chi connectivity index (χ1) is 9.08. The Balaban J connectivity index is 2.00. The first-order valence-corrected chi connectivity index (χ1v) is 6.30. The van der Waals surface area contributed by atoms with Crippen molar-refractivity contribution >= 4 is 22.9 Å². The Morgan fingerprint density at radius 3 is 2.89 bits per heavy atom. The predicted octanol–water partition coefficient (Wildman–Crippen LogP) is 0.890. The zero-order valence-electron chi connectivity index (χ0n) is 10.3. The van der Waals surface area contributed by atoms with Crippen molar-refractivity contribution in [2.24, 2.45) is 11.1 Å². The van der Waals surface area contributed by atoms with Crippen molar-refractivity contribution in [3.8, 4) is 5.75 Å². The molecule has 0 unspecified atom stereocenters. The molecule has 19 heavy (non-hydrogen) atoms. The number of benzene rings is 1. The van der Waals surface area contributed by atoms with Gasteiger partial charge in [-0.05, 0) is 25.0 Å². The molecule has 6 nitrogen and oxygen atoms in total. The number of ether oxygens (including phenoxy) is 1. The summed E-state index contributed by atoms with van der Waals surface area (Å²) in [6.07, 6.45) is 2.28. The number of imidazole rings is 1. The number of nitrogens with two attached hydrogens (primary N) is 2. The molecule has 4 rings (SSSR count). The summed E-state index contributed by atoms with van der Waals surface area (Å²) in [5.74, 6) is 0.633. The highest BCUT2D eigenvalue weighted by Gasteiger charge is 2.46. The van der Waals surface area contributed by atoms with Crippen molar-refractivity contribution < 1.29 is 9.53 Å². The highest BCUT2D eigenvalue weighted by Crippen LogP contribution is 2.50. The lowest BCUT2D eigenvalue weighted by Crippen LogP contribution is -2.17. The standard InChI is InChI=1S/C13H14N4O2/c14-11(18)7-3-8-10-9(4-7)19-6-13(1-2-13)5-17(10)12(15)16-8/h3-4H,1-2,5-6H2,(H2,14,18)(H2,15,16). The fourth-order valence-corrected chi connectivity index (χ4v) is 2.75. The van der Waals surface area contributed by atoms with Gasteiger partial charge in [-0.1, -0.05) is 0 Å². The fraction of sp³-hybridized carbons (Fsp3) is 0.385. The van der Waals surface area contributed by atoms with Crippen LogP contribution in [0.4, 0.5) is 5.95 Å². The third-order valence-electron chi connectivity index (χ3n) is 4.11. The summed E-state index contributed by atoms with van der Waals surface area (Å²) in [5.41, 5.74) is 13.5. The minimum atomic E-state index is -0.486. The normalized spacial score (nSPS) is 19.2. The summed E-state index contributed by atoms with van der Waals surface area (Å²) in [6, 6.07) is 3.35. The van der Waals surface area contributed by atoms with E-state index in [0.29, 0.717) is 29.4 Å². The van der Waals surface area contributed by atoms with Gasteiger partial charge in [-0.2, -0.15) is 0 Å². The number of primary amides is 1. The van der Waals surface area contributed by atoms with E-state index in [2.05, 4.69) is 4.98 Å². The van der Waals surface area contributed by atoms with Crippen molar-refractivity contribution in [3.63, 3.8) is 0 Å². The minimum Gasteiger partial charge on any atom is -0.491 e. The van der Waals surface area contributed by atoms with Crippen LogP contribution >= 0.6 is 0 Å². The smallest absolute Gasteiger partial charge is 0.248 e. The fourth-order valence-electron chi connectivity index (χ4n) is 2.75. The summed E-state index contributed by atoms with van der Waals surface area (Å²) in [6.45, 7) is 1.49. The van der Waals surface area contributed by atoms with Crippen LogP contribution in [0.3, 0.4) is 0 Å². The maximum absolute atomic E-state index is 11.3. The van der Waals surface area contributed by atoms with Crippen LogP contribution in [0.2, 0.25) is 0 Å². The number of carbonyl (C=O) groups is 1. The Hall–Kier alpha value is -2.24. The van der Waals surface area contributed by atoms with E-state index in [0.717, 1.165) is 24.9 Å². The molecule has 1 aromatic heterocycles. The van der Waals surface area contributed by atoms with E-state index in [1.165, 1.54) is 0 Å². The number of rotatable bonds is 1. The first-order valence-electron chi connectivity index (χ1n) is 6.30. The Kier molecular flexibility index (Phi) is 1.80. The van der Waals surface area contributed by atoms with E-state index in [1.807, 2.05) is 4.57 Å². The number of hydrogen-bond acceptors (Lipinski definition) is 4. The van der Waals surface area contributed by atoms with E-state index in [4.69, 9.17) is 16.2 Å². The summed E-state index contributed by atoms with van der Waals surface area (Å²) in [4.78, 5) is 15.7. The maximum Gasteiger partial charge on any atom is 0.248 e. The van der Waals surface area contributed by atoms with Crippen molar-refractivity contribution in [2.75, 3.05) is 12.3 Å². The highest BCUT2D eigenvalue weighted by atomic mass is 16.5. The summed E-state index contributed by atoms with van der Waals surface area (Å²) < 4.78 is 7.87. The van der Waals surface area contributed by atoms with Crippen LogP contribution in [0.25, 0.3) is 11.0 Å². The Morgan fingerprint density at radius 2 is 2.21 bits per heavy atom. The van der Waals surface area contributed by atoms with Crippen LogP contribution in [0, 0.1) is 5.41 Å². The molecule has 98 valence electrons. The number of nitrogen functional groups attached to an aromatic ring is 1. The van der Waals surface area contributed by atoms with Crippen LogP contribution in [0.1, 0.15) is 23.2 Å². The van der Waals surface area contributed by atoms with Crippen LogP contribution in [0.5, 0.6) is 5.75 Å². The van der Waals surface area contributed by atoms with Crippen LogP contribution < -0.4 is 16.2 Å². The molecule has 4 N–H and O–H groups in total. The van der Waals surface area contributed by atoms with E-state index in [-0.39, 0.29) is 5.41 Å². The lowest BCUT2D eigenvalue weighted by Gasteiger charge is -2.12. The molecule has 2 aromatic rings. The van der Waals surface area contributed by atoms with Gasteiger partial charge >= 0.3 is 0 Å². The van der Waals surface area contributed by atoms with E-state index < -0.39 is 5.91 Å². The molecule has 1 amide bonds. The SMILES string of the molecule is NC(=O)c1cc2c3c(c1)nc(N)n3CC1(CC1)CO2. The van der Waals surface area contributed by atoms with Gasteiger partial charge in [0.05, 0.1) is 12.1 Å². The Labute approximate surface area is 109 Å². The molecule has 0 bridgehead atoms. The quantitative estimate of drug-likeness (QED) is 0.793. The van der Waals surface area contributed by atoms with Crippen LogP contribution in [0.15, 0.2) is 12.1 Å². The molecule has 0 radical (unpaired) electrons. The summed E-state index contributed by atoms with van der Waals surface area (Å²) in [5, 5.41) is 0. The van der Waals surface area contributed by atoms with Gasteiger partial charge in [-0.25, -0.2) is 4.98 Å². The van der Waals surface area contributed by atoms with Crippen molar-refractivity contribution in [1.82, 2.24) is 9.55 Å². The van der Waals surface area contributed by atoms with Gasteiger partial charge in [-0.15, -0.1) is 0 Å². The van der Waals surface area contributed by atoms with Gasteiger partial charge in [0.1, 0.15) is 11.3 Å². The second-order valence-electron chi connectivity index (χ2n) is 5.55. The molecule has 1 fully saturated rings. The molecule has 1 aliphatic heterocycles. The third-order valence-corrected chi connectivity index (χ3v) is 4.11. The molecule has 1 aromatic carbocycles. The van der Waals surface area contributed by atoms with E-state index in [9.17, 15) is 4.79 Å². The summed E-state index contributed by atoms with van der Waals surface area (Å²) >= 11 is 0. The number of hydrogen-bond donors (Lipinski definition) is 2. The first kappa shape index (κ1) is 10.7. The summed E-state index contributed by atoms with van der Waals surface area (Å²) in [7, 11) is 0. The minimum absolute atomic E-state index is 0.188. The van der Waals surface area contributed by atoms with E-state index >= 15 is 0 Å². The topological polar surface area (TPSA) is 96.2 Å². The third kappa shape index (κ3) is 1.43. The van der Waals surface area contributed by atoms with Gasteiger partial charge in [0, 0.05) is 17.5 Å². The molecule has 0 atom stereocenters. The number of aromatic nitrogens is 2. The molecule has 1 spiro atoms. The molecule has 1 saturated carbocycles. The molecular weight excluding hydrogens is 244 g/mol. The van der Waals surface area contributed by atoms with Crippen LogP contribution in [-0.2, 0) is 6.54 Å². The highest BCUT2D eigenvalue weighted by molar-refractivity contribution is 5.98. The second-order valence-corrected chi connectivity index (χ2v) is 5.55. The molecular formula is C13H14N4O2. The lowest BCUT2D eigenvalue weighted by molar-refractivity contribution is 0.1000. The number of amides is 1. The van der Waals surface area contributed by atoms with Gasteiger partial charge < -0.3 is 20.8 Å². The zero-order valence-corrected chi connectivity index (χ0v) is 10.3. The molecule has 6 heteroatoms. The van der Waals surface area contributed by atoms with Crippen molar-refractivity contribution in [3.05, 3.63) is 17.7 Å². The second kappa shape index (κ2) is 3.20. The molecule has 0 saturated heterocycles. The largest absolute Gasteiger partial charge is 0.491 e. The number of nitrogens with zero attached hydrogens (tertiary/aromatic N) is 2. The van der Waals surface area contributed by atoms with Crippen LogP contribution in [-0.4, -0.2) is 22.1 Å². The van der Waals surface area contributed by atoms with Gasteiger partial charge in [0.2, 0.25) is 11.9 Å². The molecule has 1 aliphatic carbocycles.